The number of rotatable bonds is 4. The fourth-order valence-corrected chi connectivity index (χ4v) is 3.83. The number of hydrogen-bond acceptors (Lipinski definition) is 2. The predicted octanol–water partition coefficient (Wildman–Crippen LogP) is 2.85. The predicted molar refractivity (Wildman–Crippen MR) is 80.3 cm³/mol. The molecular formula is C17H26N2. The number of hydrogen-bond donors (Lipinski definition) is 1. The van der Waals surface area contributed by atoms with Crippen molar-refractivity contribution in [1.82, 2.24) is 10.2 Å². The van der Waals surface area contributed by atoms with Gasteiger partial charge in [0.2, 0.25) is 0 Å². The van der Waals surface area contributed by atoms with Crippen molar-refractivity contribution in [2.24, 2.45) is 11.8 Å². The van der Waals surface area contributed by atoms with Crippen molar-refractivity contribution in [3.63, 3.8) is 0 Å². The topological polar surface area (TPSA) is 15.3 Å². The van der Waals surface area contributed by atoms with Gasteiger partial charge in [0.25, 0.3) is 0 Å². The van der Waals surface area contributed by atoms with E-state index < -0.39 is 0 Å². The van der Waals surface area contributed by atoms with Gasteiger partial charge in [-0.15, -0.1) is 0 Å². The fraction of sp³-hybridized carbons (Fsp3) is 0.647. The van der Waals surface area contributed by atoms with Gasteiger partial charge < -0.3 is 5.32 Å². The van der Waals surface area contributed by atoms with E-state index in [9.17, 15) is 0 Å². The van der Waals surface area contributed by atoms with Crippen LogP contribution in [0.15, 0.2) is 24.3 Å². The van der Waals surface area contributed by atoms with E-state index in [-0.39, 0.29) is 0 Å². The van der Waals surface area contributed by atoms with E-state index in [1.54, 1.807) is 0 Å². The molecule has 3 rings (SSSR count). The Hall–Kier alpha value is -0.860. The molecule has 0 bridgehead atoms. The zero-order valence-corrected chi connectivity index (χ0v) is 12.2. The maximum absolute atomic E-state index is 3.53. The average Bonchev–Trinajstić information content (AvgIpc) is 3.02. The average molecular weight is 258 g/mol. The second kappa shape index (κ2) is 5.64. The van der Waals surface area contributed by atoms with Crippen molar-refractivity contribution in [3.8, 4) is 0 Å². The van der Waals surface area contributed by atoms with Gasteiger partial charge in [-0.1, -0.05) is 38.1 Å². The maximum atomic E-state index is 3.53. The van der Waals surface area contributed by atoms with Crippen LogP contribution in [-0.2, 0) is 6.42 Å². The molecule has 0 radical (unpaired) electrons. The lowest BCUT2D eigenvalue weighted by Crippen LogP contribution is -2.29. The highest BCUT2D eigenvalue weighted by molar-refractivity contribution is 5.25. The van der Waals surface area contributed by atoms with Crippen LogP contribution >= 0.6 is 0 Å². The van der Waals surface area contributed by atoms with Crippen LogP contribution in [-0.4, -0.2) is 31.1 Å². The minimum absolute atomic E-state index is 0.622. The van der Waals surface area contributed by atoms with E-state index in [2.05, 4.69) is 48.3 Å². The van der Waals surface area contributed by atoms with Crippen LogP contribution in [0.25, 0.3) is 0 Å². The highest BCUT2D eigenvalue weighted by Crippen LogP contribution is 2.34. The summed E-state index contributed by atoms with van der Waals surface area (Å²) in [5.74, 6) is 1.79. The Morgan fingerprint density at radius 3 is 2.26 bits per heavy atom. The Morgan fingerprint density at radius 2 is 1.74 bits per heavy atom. The van der Waals surface area contributed by atoms with Crippen molar-refractivity contribution in [3.05, 3.63) is 35.4 Å². The molecule has 2 aliphatic rings. The molecule has 2 aliphatic heterocycles. The molecule has 0 spiro atoms. The van der Waals surface area contributed by atoms with E-state index >= 15 is 0 Å². The molecule has 0 aromatic heterocycles. The van der Waals surface area contributed by atoms with Gasteiger partial charge in [-0.2, -0.15) is 0 Å². The molecule has 19 heavy (non-hydrogen) atoms. The summed E-state index contributed by atoms with van der Waals surface area (Å²) >= 11 is 0. The molecule has 1 N–H and O–H groups in total. The summed E-state index contributed by atoms with van der Waals surface area (Å²) in [5.41, 5.74) is 2.95. The summed E-state index contributed by atoms with van der Waals surface area (Å²) in [4.78, 5) is 2.72. The Morgan fingerprint density at radius 1 is 1.11 bits per heavy atom. The third-order valence-corrected chi connectivity index (χ3v) is 5.02. The molecule has 104 valence electrons. The molecule has 2 nitrogen and oxygen atoms in total. The smallest absolute Gasteiger partial charge is 0.0345 e. The first-order chi connectivity index (χ1) is 9.31. The quantitative estimate of drug-likeness (QED) is 0.893. The van der Waals surface area contributed by atoms with Crippen LogP contribution in [0.2, 0.25) is 0 Å². The van der Waals surface area contributed by atoms with Crippen LogP contribution in [0.3, 0.4) is 0 Å². The molecule has 3 unspecified atom stereocenters. The van der Waals surface area contributed by atoms with Crippen LogP contribution in [0.1, 0.15) is 37.4 Å². The summed E-state index contributed by atoms with van der Waals surface area (Å²) in [6.45, 7) is 9.57. The summed E-state index contributed by atoms with van der Waals surface area (Å²) in [5, 5.41) is 3.53. The minimum Gasteiger partial charge on any atom is -0.316 e. The van der Waals surface area contributed by atoms with Crippen LogP contribution < -0.4 is 5.32 Å². The molecule has 2 fully saturated rings. The lowest BCUT2D eigenvalue weighted by atomic mass is 10.0. The van der Waals surface area contributed by atoms with Crippen molar-refractivity contribution in [2.75, 3.05) is 26.2 Å². The van der Waals surface area contributed by atoms with Gasteiger partial charge >= 0.3 is 0 Å². The molecule has 2 heteroatoms. The Bertz CT molecular complexity index is 400. The van der Waals surface area contributed by atoms with E-state index in [0.29, 0.717) is 6.04 Å². The number of nitrogens with one attached hydrogen (secondary N) is 1. The van der Waals surface area contributed by atoms with Gasteiger partial charge in [-0.3, -0.25) is 4.90 Å². The van der Waals surface area contributed by atoms with Gasteiger partial charge in [-0.25, -0.2) is 0 Å². The van der Waals surface area contributed by atoms with E-state index in [1.807, 2.05) is 0 Å². The highest BCUT2D eigenvalue weighted by atomic mass is 15.2. The van der Waals surface area contributed by atoms with E-state index in [1.165, 1.54) is 43.7 Å². The molecule has 1 aromatic carbocycles. The molecule has 0 aliphatic carbocycles. The van der Waals surface area contributed by atoms with Crippen LogP contribution in [0.5, 0.6) is 0 Å². The van der Waals surface area contributed by atoms with Gasteiger partial charge in [-0.05, 0) is 48.9 Å². The molecular weight excluding hydrogens is 232 g/mol. The van der Waals surface area contributed by atoms with Crippen LogP contribution in [0, 0.1) is 11.8 Å². The second-order valence-corrected chi connectivity index (χ2v) is 6.15. The van der Waals surface area contributed by atoms with Gasteiger partial charge in [0.1, 0.15) is 0 Å². The SMILES string of the molecule is CCc1ccc(C(CC)N2CC3CNCC3C2)cc1. The summed E-state index contributed by atoms with van der Waals surface area (Å²) in [6, 6.07) is 9.92. The number of nitrogens with zero attached hydrogens (tertiary/aromatic N) is 1. The normalized spacial score (nSPS) is 28.5. The zero-order chi connectivity index (χ0) is 13.2. The lowest BCUT2D eigenvalue weighted by molar-refractivity contribution is 0.222. The van der Waals surface area contributed by atoms with Gasteiger partial charge in [0, 0.05) is 19.1 Å². The number of benzene rings is 1. The summed E-state index contributed by atoms with van der Waals surface area (Å²) in [6.07, 6.45) is 2.36. The van der Waals surface area contributed by atoms with E-state index in [0.717, 1.165) is 18.3 Å². The number of fused-ring (bicyclic) bond motifs is 1. The Kier molecular flexibility index (Phi) is 3.90. The molecule has 3 atom stereocenters. The standard InChI is InChI=1S/C17H26N2/c1-3-13-5-7-14(8-6-13)17(4-2)19-11-15-9-18-10-16(15)12-19/h5-8,15-18H,3-4,9-12H2,1-2H3. The largest absolute Gasteiger partial charge is 0.316 e. The molecule has 0 saturated carbocycles. The summed E-state index contributed by atoms with van der Waals surface area (Å²) in [7, 11) is 0. The Balaban J connectivity index is 1.73. The molecule has 2 saturated heterocycles. The zero-order valence-electron chi connectivity index (χ0n) is 12.2. The third-order valence-electron chi connectivity index (χ3n) is 5.02. The van der Waals surface area contributed by atoms with Gasteiger partial charge in [0.15, 0.2) is 0 Å². The lowest BCUT2D eigenvalue weighted by Gasteiger charge is -2.28. The third kappa shape index (κ3) is 2.56. The minimum atomic E-state index is 0.622. The number of aryl methyl sites for hydroxylation is 1. The van der Waals surface area contributed by atoms with Gasteiger partial charge in [0.05, 0.1) is 0 Å². The van der Waals surface area contributed by atoms with Crippen LogP contribution in [0.4, 0.5) is 0 Å². The first-order valence-electron chi connectivity index (χ1n) is 7.85. The highest BCUT2D eigenvalue weighted by Gasteiger charge is 2.38. The van der Waals surface area contributed by atoms with Crippen molar-refractivity contribution in [1.29, 1.82) is 0 Å². The first-order valence-corrected chi connectivity index (χ1v) is 7.85. The van der Waals surface area contributed by atoms with E-state index in [4.69, 9.17) is 0 Å². The number of likely N-dealkylation sites (tertiary alicyclic amines) is 1. The molecule has 0 amide bonds. The molecule has 1 aromatic rings. The second-order valence-electron chi connectivity index (χ2n) is 6.15. The summed E-state index contributed by atoms with van der Waals surface area (Å²) < 4.78 is 0. The van der Waals surface area contributed by atoms with Crippen molar-refractivity contribution in [2.45, 2.75) is 32.7 Å². The first kappa shape index (κ1) is 13.1. The molecule has 2 heterocycles. The van der Waals surface area contributed by atoms with Crippen molar-refractivity contribution < 1.29 is 0 Å². The monoisotopic (exact) mass is 258 g/mol. The Labute approximate surface area is 117 Å². The fourth-order valence-electron chi connectivity index (χ4n) is 3.83. The van der Waals surface area contributed by atoms with Crippen molar-refractivity contribution >= 4 is 0 Å². The maximum Gasteiger partial charge on any atom is 0.0345 e.